The van der Waals surface area contributed by atoms with Crippen molar-refractivity contribution in [3.63, 3.8) is 0 Å². The maximum absolute atomic E-state index is 12.5. The number of anilines is 2. The highest BCUT2D eigenvalue weighted by atomic mass is 32.2. The number of ether oxygens (including phenoxy) is 9. The van der Waals surface area contributed by atoms with Gasteiger partial charge in [0.15, 0.2) is 11.2 Å². The average Bonchev–Trinajstić information content (AvgIpc) is 3.35. The van der Waals surface area contributed by atoms with Crippen molar-refractivity contribution in [2.75, 3.05) is 129 Å². The first-order chi connectivity index (χ1) is 33.6. The summed E-state index contributed by atoms with van der Waals surface area (Å²) < 4.78 is 47.8. The van der Waals surface area contributed by atoms with Crippen molar-refractivity contribution >= 4 is 53.3 Å². The van der Waals surface area contributed by atoms with Gasteiger partial charge in [-0.3, -0.25) is 43.7 Å². The molecule has 0 aliphatic carbocycles. The summed E-state index contributed by atoms with van der Waals surface area (Å²) in [6.07, 6.45) is 23.1. The number of rotatable bonds is 35. The Morgan fingerprint density at radius 1 is 0.768 bits per heavy atom. The normalized spacial score (nSPS) is 10.3. The van der Waals surface area contributed by atoms with E-state index in [9.17, 15) is 14.4 Å². The zero-order valence-corrected chi connectivity index (χ0v) is 40.7. The summed E-state index contributed by atoms with van der Waals surface area (Å²) in [5.41, 5.74) is 11.5. The summed E-state index contributed by atoms with van der Waals surface area (Å²) in [5.74, 6) is 6.45. The van der Waals surface area contributed by atoms with Gasteiger partial charge in [-0.25, -0.2) is 9.97 Å². The smallest absolute Gasteiger partial charge is 0.379 e. The van der Waals surface area contributed by atoms with Gasteiger partial charge in [0.25, 0.3) is 11.5 Å². The molecule has 0 aliphatic rings. The fraction of sp³-hybridized carbons (Fsp3) is 0.543. The number of hydrogen-bond acceptors (Lipinski definition) is 19. The van der Waals surface area contributed by atoms with Gasteiger partial charge in [-0.15, -0.1) is 19.3 Å². The number of amides is 3. The van der Waals surface area contributed by atoms with Gasteiger partial charge in [-0.05, 0) is 62.5 Å². The Bertz CT molecular complexity index is 1930. The third kappa shape index (κ3) is 33.3. The lowest BCUT2D eigenvalue weighted by molar-refractivity contribution is -0.379. The van der Waals surface area contributed by atoms with Gasteiger partial charge in [0.05, 0.1) is 84.5 Å². The van der Waals surface area contributed by atoms with Crippen molar-refractivity contribution in [2.45, 2.75) is 45.2 Å². The topological polar surface area (TPSA) is 294 Å². The van der Waals surface area contributed by atoms with E-state index < -0.39 is 11.7 Å². The van der Waals surface area contributed by atoms with E-state index in [0.29, 0.717) is 103 Å². The summed E-state index contributed by atoms with van der Waals surface area (Å²) in [7, 11) is 0. The molecule has 3 amide bonds. The van der Waals surface area contributed by atoms with Crippen LogP contribution in [0.4, 0.5) is 11.6 Å². The zero-order valence-electron chi connectivity index (χ0n) is 39.8. The second kappa shape index (κ2) is 44.6. The Kier molecular flexibility index (Phi) is 40.8. The zero-order chi connectivity index (χ0) is 51.1. The van der Waals surface area contributed by atoms with Crippen molar-refractivity contribution in [3.8, 4) is 37.0 Å². The molecule has 8 N–H and O–H groups in total. The van der Waals surface area contributed by atoms with Gasteiger partial charge in [0, 0.05) is 31.0 Å². The Labute approximate surface area is 409 Å². The number of nitrogens with one attached hydrogen (secondary N) is 4. The van der Waals surface area contributed by atoms with Crippen LogP contribution in [-0.4, -0.2) is 163 Å². The number of H-pyrrole nitrogens is 1. The van der Waals surface area contributed by atoms with Crippen LogP contribution in [0.1, 0.15) is 48.7 Å². The molecule has 2 aromatic heterocycles. The van der Waals surface area contributed by atoms with E-state index in [0.717, 1.165) is 38.0 Å². The first-order valence-electron chi connectivity index (χ1n) is 21.7. The van der Waals surface area contributed by atoms with Gasteiger partial charge in [0.1, 0.15) is 19.8 Å². The molecule has 3 aromatic rings. The lowest BCUT2D eigenvalue weighted by Crippen LogP contribution is -2.52. The van der Waals surface area contributed by atoms with E-state index in [-0.39, 0.29) is 49.3 Å². The van der Waals surface area contributed by atoms with Crippen LogP contribution in [0.25, 0.3) is 11.2 Å². The summed E-state index contributed by atoms with van der Waals surface area (Å²) in [4.78, 5) is 58.3. The highest BCUT2D eigenvalue weighted by Crippen LogP contribution is 2.13. The van der Waals surface area contributed by atoms with E-state index in [1.165, 1.54) is 6.20 Å². The van der Waals surface area contributed by atoms with Gasteiger partial charge in [-0.1, -0.05) is 24.7 Å². The highest BCUT2D eigenvalue weighted by Gasteiger charge is 2.33. The average molecular weight is 988 g/mol. The van der Waals surface area contributed by atoms with Crippen LogP contribution >= 0.6 is 11.8 Å². The number of nitrogen functional groups attached to an aromatic ring is 1. The van der Waals surface area contributed by atoms with E-state index in [4.69, 9.17) is 72.4 Å². The fourth-order valence-electron chi connectivity index (χ4n) is 4.88. The first kappa shape index (κ1) is 63.1. The van der Waals surface area contributed by atoms with Crippen LogP contribution < -0.4 is 33.0 Å². The number of primary amides is 1. The van der Waals surface area contributed by atoms with Crippen molar-refractivity contribution in [2.24, 2.45) is 5.73 Å². The van der Waals surface area contributed by atoms with Crippen LogP contribution in [0.3, 0.4) is 0 Å². The van der Waals surface area contributed by atoms with E-state index >= 15 is 0 Å². The number of aromatic nitrogens is 4. The van der Waals surface area contributed by atoms with E-state index in [1.54, 1.807) is 23.9 Å². The van der Waals surface area contributed by atoms with Crippen molar-refractivity contribution < 1.29 is 57.0 Å². The minimum absolute atomic E-state index is 0.00581. The Hall–Kier alpha value is -5.88. The van der Waals surface area contributed by atoms with Crippen LogP contribution in [0.15, 0.2) is 35.3 Å². The Morgan fingerprint density at radius 2 is 1.25 bits per heavy atom. The molecule has 0 bridgehead atoms. The molecule has 0 atom stereocenters. The molecule has 0 saturated heterocycles. The number of unbranched alkanes of at least 4 members (excludes halogenated alkanes) is 2. The Balaban J connectivity index is 0.00000175. The molecule has 22 nitrogen and oxygen atoms in total. The van der Waals surface area contributed by atoms with Gasteiger partial charge < -0.3 is 50.5 Å². The summed E-state index contributed by atoms with van der Waals surface area (Å²) in [6.45, 7) is 9.47. The molecule has 23 heteroatoms. The van der Waals surface area contributed by atoms with Crippen LogP contribution in [-0.2, 0) is 58.8 Å². The summed E-state index contributed by atoms with van der Waals surface area (Å²) in [6, 6.07) is 7.13. The number of thioether (sulfide) groups is 1. The molecule has 382 valence electrons. The molecule has 69 heavy (non-hydrogen) atoms. The molecule has 3 rings (SSSR count). The maximum atomic E-state index is 12.5. The molecule has 0 radical (unpaired) electrons. The molecule has 0 aliphatic heterocycles. The van der Waals surface area contributed by atoms with E-state index in [2.05, 4.69) is 66.3 Å². The van der Waals surface area contributed by atoms with Gasteiger partial charge in [0.2, 0.25) is 18.8 Å². The lowest BCUT2D eigenvalue weighted by atomic mass is 10.2. The number of fused-ring (bicyclic) bond motifs is 1. The lowest BCUT2D eigenvalue weighted by Gasteiger charge is -2.29. The number of benzene rings is 1. The number of carbonyl (C=O) groups excluding carboxylic acids is 3. The number of carbonyl (C=O) groups is 3. The number of hydrogen-bond donors (Lipinski definition) is 6. The number of nitrogens with zero attached hydrogens (tertiary/aromatic N) is 3. The quantitative estimate of drug-likeness (QED) is 0.0212. The van der Waals surface area contributed by atoms with Crippen molar-refractivity contribution in [1.29, 1.82) is 0 Å². The fourth-order valence-corrected chi connectivity index (χ4v) is 4.88. The molecule has 0 unspecified atom stereocenters. The maximum Gasteiger partial charge on any atom is 0.379 e. The van der Waals surface area contributed by atoms with Crippen molar-refractivity contribution in [1.82, 2.24) is 30.6 Å². The monoisotopic (exact) mass is 987 g/mol. The van der Waals surface area contributed by atoms with Crippen LogP contribution in [0.2, 0.25) is 0 Å². The standard InChI is InChI=1S/C32H49N7O8.C11H11NO4.C2H6S.CH3NO/c1-2-11-42-13-15-44-17-19-46-21-22-47-20-18-45-16-14-43-12-5-3-4-10-34-30(40)25-6-8-26(9-7-25)35-23-27-24-36-29-28(37-27)31(41)39-32(33)38-29;1-4-7-14-11(12-10-13,15-8-5-2)16-9-6-3;1-3-2;2-1-3/h6-9,24,35H,2-5,10-23H2,1H3,(H,34,40)(H3,33,36,38,39,41);1-3,10H,7-9H2,(H,12,13);1-2H3;1H,(H2,2,3). The van der Waals surface area contributed by atoms with Gasteiger partial charge >= 0.3 is 6.10 Å². The number of nitrogens with two attached hydrogens (primary N) is 2. The molecular formula is C46H69N9O13S. The predicted octanol–water partition coefficient (Wildman–Crippen LogP) is 1.69. The van der Waals surface area contributed by atoms with E-state index in [1.807, 2.05) is 24.6 Å². The number of aromatic amines is 1. The Morgan fingerprint density at radius 3 is 1.71 bits per heavy atom. The van der Waals surface area contributed by atoms with Crippen molar-refractivity contribution in [3.05, 3.63) is 52.1 Å². The van der Waals surface area contributed by atoms with Gasteiger partial charge in [-0.2, -0.15) is 16.7 Å². The minimum atomic E-state index is -1.84. The second-order valence-corrected chi connectivity index (χ2v) is 14.1. The van der Waals surface area contributed by atoms with Crippen LogP contribution in [0.5, 0.6) is 0 Å². The molecular weight excluding hydrogens is 919 g/mol. The largest absolute Gasteiger partial charge is 0.379 e. The van der Waals surface area contributed by atoms with Crippen LogP contribution in [0, 0.1) is 37.0 Å². The molecule has 2 heterocycles. The molecule has 0 spiro atoms. The predicted molar refractivity (Wildman–Crippen MR) is 264 cm³/mol. The molecule has 0 fully saturated rings. The summed E-state index contributed by atoms with van der Waals surface area (Å²) in [5, 5.41) is 8.32. The highest BCUT2D eigenvalue weighted by molar-refractivity contribution is 7.97. The first-order valence-corrected chi connectivity index (χ1v) is 23.4. The summed E-state index contributed by atoms with van der Waals surface area (Å²) >= 11 is 1.75. The second-order valence-electron chi connectivity index (χ2n) is 13.2. The third-order valence-electron chi connectivity index (χ3n) is 7.84. The number of terminal acetylenes is 3. The molecule has 1 aromatic carbocycles. The minimum Gasteiger partial charge on any atom is -0.379 e. The SMILES string of the molecule is C#CCOC(NC=O)(OCC#C)OCC#C.CCCOCCOCCOCCOCCOCCOCCCCCNC(=O)c1ccc(NCc2cnc3nc(N)[nH]c(=O)c3n2)cc1.CSC.NC=O. The third-order valence-corrected chi connectivity index (χ3v) is 7.84. The molecule has 0 saturated carbocycles.